The summed E-state index contributed by atoms with van der Waals surface area (Å²) >= 11 is 0. The van der Waals surface area contributed by atoms with Crippen LogP contribution in [0.1, 0.15) is 6.93 Å². The van der Waals surface area contributed by atoms with E-state index in [0.717, 1.165) is 11.3 Å². The zero-order chi connectivity index (χ0) is 10.5. The van der Waals surface area contributed by atoms with Gasteiger partial charge in [0.05, 0.1) is 7.06 Å². The van der Waals surface area contributed by atoms with Crippen LogP contribution in [0.3, 0.4) is 0 Å². The van der Waals surface area contributed by atoms with Crippen molar-refractivity contribution in [1.29, 1.82) is 0 Å². The molecule has 68 valence electrons. The van der Waals surface area contributed by atoms with E-state index in [4.69, 9.17) is 1.37 Å². The smallest absolute Gasteiger partial charge is 0.0847 e. The predicted octanol–water partition coefficient (Wildman–Crippen LogP) is 3.44. The lowest BCUT2D eigenvalue weighted by Gasteiger charge is -1.92. The highest BCUT2D eigenvalue weighted by molar-refractivity contribution is 5.81. The Morgan fingerprint density at radius 1 is 0.857 bits per heavy atom. The van der Waals surface area contributed by atoms with Gasteiger partial charge in [-0.2, -0.15) is 0 Å². The maximum atomic E-state index is 7.80. The molecule has 0 saturated heterocycles. The van der Waals surface area contributed by atoms with Gasteiger partial charge < -0.3 is 0 Å². The second-order valence-corrected chi connectivity index (χ2v) is 2.93. The maximum Gasteiger partial charge on any atom is 0.0847 e. The molecular weight excluding hydrogens is 170 g/mol. The number of aliphatic imine (C=N–C) groups is 1. The Hall–Kier alpha value is -1.89. The van der Waals surface area contributed by atoms with Crippen molar-refractivity contribution in [1.82, 2.24) is 0 Å². The molecule has 0 amide bonds. The number of hydrogen-bond acceptors (Lipinski definition) is 1. The third kappa shape index (κ3) is 2.30. The molecule has 0 spiro atoms. The summed E-state index contributed by atoms with van der Waals surface area (Å²) in [4.78, 5) is 4.21. The number of rotatable bonds is 2. The van der Waals surface area contributed by atoms with Crippen molar-refractivity contribution in [3.8, 4) is 0 Å². The van der Waals surface area contributed by atoms with Crippen LogP contribution in [-0.2, 0) is 0 Å². The van der Waals surface area contributed by atoms with Crippen molar-refractivity contribution in [2.45, 2.75) is 0 Å². The molecule has 2 rings (SSSR count). The van der Waals surface area contributed by atoms with Crippen LogP contribution in [-0.4, -0.2) is 6.19 Å². The molecule has 0 radical (unpaired) electrons. The third-order valence-electron chi connectivity index (χ3n) is 1.84. The molecule has 1 heteroatoms. The molecule has 2 aromatic carbocycles. The fraction of sp³-hybridized carbons (Fsp3) is 0. The monoisotopic (exact) mass is 182 g/mol. The molecule has 0 aliphatic rings. The Kier molecular flexibility index (Phi) is 2.35. The summed E-state index contributed by atoms with van der Waals surface area (Å²) in [7, 11) is 0. The van der Waals surface area contributed by atoms with E-state index < -0.39 is 0 Å². The summed E-state index contributed by atoms with van der Waals surface area (Å²) in [6.07, 6.45) is 0.293. The van der Waals surface area contributed by atoms with Crippen LogP contribution in [0, 0.1) is 0 Å². The SMILES string of the molecule is [2H]C(=Nc1ccccc1)c1ccccc1. The Morgan fingerprint density at radius 3 is 2.07 bits per heavy atom. The molecule has 0 unspecified atom stereocenters. The molecular formula is C13H11N. The molecule has 2 aromatic rings. The first-order valence-corrected chi connectivity index (χ1v) is 4.52. The van der Waals surface area contributed by atoms with Gasteiger partial charge in [-0.15, -0.1) is 0 Å². The first-order chi connectivity index (χ1) is 7.36. The molecule has 0 aromatic heterocycles. The van der Waals surface area contributed by atoms with Gasteiger partial charge in [0.2, 0.25) is 0 Å². The molecule has 0 bridgehead atoms. The molecule has 0 aliphatic heterocycles. The third-order valence-corrected chi connectivity index (χ3v) is 1.84. The van der Waals surface area contributed by atoms with Crippen molar-refractivity contribution in [3.05, 3.63) is 66.2 Å². The molecule has 1 nitrogen and oxygen atoms in total. The standard InChI is InChI=1S/C13H11N/c1-3-7-12(8-4-1)11-14-13-9-5-2-6-10-13/h1-11H/i11D. The van der Waals surface area contributed by atoms with Crippen LogP contribution >= 0.6 is 0 Å². The number of nitrogens with zero attached hydrogens (tertiary/aromatic N) is 1. The number of para-hydroxylation sites is 1. The van der Waals surface area contributed by atoms with E-state index in [1.165, 1.54) is 0 Å². The number of hydrogen-bond donors (Lipinski definition) is 0. The fourth-order valence-electron chi connectivity index (χ4n) is 1.14. The summed E-state index contributed by atoms with van der Waals surface area (Å²) < 4.78 is 7.80. The first-order valence-electron chi connectivity index (χ1n) is 5.02. The van der Waals surface area contributed by atoms with Gasteiger partial charge >= 0.3 is 0 Å². The highest BCUT2D eigenvalue weighted by Gasteiger charge is 1.85. The van der Waals surface area contributed by atoms with Crippen molar-refractivity contribution in [2.75, 3.05) is 0 Å². The summed E-state index contributed by atoms with van der Waals surface area (Å²) in [6.45, 7) is 0. The Balaban J connectivity index is 2.29. The second-order valence-electron chi connectivity index (χ2n) is 2.93. The highest BCUT2D eigenvalue weighted by Crippen LogP contribution is 2.09. The lowest BCUT2D eigenvalue weighted by molar-refractivity contribution is 1.53. The van der Waals surface area contributed by atoms with Gasteiger partial charge in [-0.25, -0.2) is 0 Å². The van der Waals surface area contributed by atoms with Crippen LogP contribution in [0.2, 0.25) is 0 Å². The topological polar surface area (TPSA) is 12.4 Å². The molecule has 0 fully saturated rings. The fourth-order valence-corrected chi connectivity index (χ4v) is 1.14. The van der Waals surface area contributed by atoms with E-state index in [1.54, 1.807) is 0 Å². The summed E-state index contributed by atoms with van der Waals surface area (Å²) in [5.41, 5.74) is 1.65. The van der Waals surface area contributed by atoms with Gasteiger partial charge in [-0.05, 0) is 17.7 Å². The van der Waals surface area contributed by atoms with Crippen molar-refractivity contribution < 1.29 is 1.37 Å². The quantitative estimate of drug-likeness (QED) is 0.631. The predicted molar refractivity (Wildman–Crippen MR) is 60.1 cm³/mol. The highest BCUT2D eigenvalue weighted by atomic mass is 14.7. The maximum absolute atomic E-state index is 7.80. The van der Waals surface area contributed by atoms with Gasteiger partial charge in [0.15, 0.2) is 0 Å². The average molecular weight is 182 g/mol. The number of benzene rings is 2. The van der Waals surface area contributed by atoms with E-state index in [-0.39, 0.29) is 0 Å². The van der Waals surface area contributed by atoms with Crippen LogP contribution in [0.4, 0.5) is 5.69 Å². The molecule has 0 N–H and O–H groups in total. The van der Waals surface area contributed by atoms with Crippen LogP contribution in [0.5, 0.6) is 0 Å². The zero-order valence-corrected chi connectivity index (χ0v) is 7.72. The molecule has 0 aliphatic carbocycles. The summed E-state index contributed by atoms with van der Waals surface area (Å²) in [6, 6.07) is 19.0. The van der Waals surface area contributed by atoms with Gasteiger partial charge in [0.1, 0.15) is 0 Å². The lowest BCUT2D eigenvalue weighted by atomic mass is 10.2. The second kappa shape index (κ2) is 4.38. The van der Waals surface area contributed by atoms with Crippen LogP contribution in [0.15, 0.2) is 65.7 Å². The minimum atomic E-state index is 0.293. The van der Waals surface area contributed by atoms with E-state index in [0.29, 0.717) is 6.19 Å². The Labute approximate surface area is 85.2 Å². The van der Waals surface area contributed by atoms with Crippen LogP contribution in [0.25, 0.3) is 0 Å². The van der Waals surface area contributed by atoms with Crippen LogP contribution < -0.4 is 0 Å². The van der Waals surface area contributed by atoms with Gasteiger partial charge in [0.25, 0.3) is 0 Å². The molecule has 14 heavy (non-hydrogen) atoms. The normalized spacial score (nSPS) is 12.3. The van der Waals surface area contributed by atoms with E-state index in [9.17, 15) is 0 Å². The zero-order valence-electron chi connectivity index (χ0n) is 8.72. The largest absolute Gasteiger partial charge is 0.256 e. The summed E-state index contributed by atoms with van der Waals surface area (Å²) in [5, 5.41) is 0. The average Bonchev–Trinajstić information content (AvgIpc) is 2.31. The summed E-state index contributed by atoms with van der Waals surface area (Å²) in [5.74, 6) is 0. The van der Waals surface area contributed by atoms with E-state index >= 15 is 0 Å². The molecule has 0 atom stereocenters. The minimum Gasteiger partial charge on any atom is -0.256 e. The van der Waals surface area contributed by atoms with Crippen molar-refractivity contribution >= 4 is 11.9 Å². The van der Waals surface area contributed by atoms with E-state index in [1.807, 2.05) is 60.7 Å². The molecule has 0 heterocycles. The van der Waals surface area contributed by atoms with E-state index in [2.05, 4.69) is 4.99 Å². The lowest BCUT2D eigenvalue weighted by Crippen LogP contribution is -1.77. The minimum absolute atomic E-state index is 0.293. The Bertz CT molecular complexity index is 448. The van der Waals surface area contributed by atoms with Crippen molar-refractivity contribution in [3.63, 3.8) is 0 Å². The van der Waals surface area contributed by atoms with Gasteiger partial charge in [-0.1, -0.05) is 48.5 Å². The first kappa shape index (κ1) is 7.51. The van der Waals surface area contributed by atoms with Crippen molar-refractivity contribution in [2.24, 2.45) is 4.99 Å². The Morgan fingerprint density at radius 2 is 1.43 bits per heavy atom. The van der Waals surface area contributed by atoms with Gasteiger partial charge in [0, 0.05) is 6.19 Å². The van der Waals surface area contributed by atoms with Gasteiger partial charge in [-0.3, -0.25) is 4.99 Å². The molecule has 0 saturated carbocycles.